The molecule has 0 aliphatic carbocycles. The lowest BCUT2D eigenvalue weighted by atomic mass is 10.2. The van der Waals surface area contributed by atoms with Crippen LogP contribution in [-0.2, 0) is 14.3 Å². The van der Waals surface area contributed by atoms with E-state index in [1.807, 2.05) is 0 Å². The monoisotopic (exact) mass is 380 g/mol. The number of thioether (sulfide) groups is 1. The fraction of sp³-hybridized carbons (Fsp3) is 0.375. The third kappa shape index (κ3) is 3.79. The number of carbonyl (C=O) groups is 3. The average molecular weight is 380 g/mol. The first kappa shape index (κ1) is 18.2. The maximum absolute atomic E-state index is 14.6. The van der Waals surface area contributed by atoms with E-state index in [9.17, 15) is 18.8 Å². The summed E-state index contributed by atoms with van der Waals surface area (Å²) in [5, 5.41) is 8.24. The van der Waals surface area contributed by atoms with Crippen molar-refractivity contribution in [3.8, 4) is 0 Å². The molecule has 1 N–H and O–H groups in total. The Morgan fingerprint density at radius 2 is 2.23 bits per heavy atom. The van der Waals surface area contributed by atoms with Gasteiger partial charge in [0.2, 0.25) is 5.91 Å². The van der Waals surface area contributed by atoms with Crippen molar-refractivity contribution in [2.75, 3.05) is 30.8 Å². The number of hydrogen-bond donors (Lipinski definition) is 1. The van der Waals surface area contributed by atoms with Gasteiger partial charge in [0.15, 0.2) is 0 Å². The Morgan fingerprint density at radius 1 is 1.46 bits per heavy atom. The maximum Gasteiger partial charge on any atom is 0.414 e. The number of nitrogens with zero attached hydrogens (tertiary/aromatic N) is 3. The normalized spacial score (nSPS) is 20.1. The number of nitrogens with one attached hydrogen (secondary N) is 1. The Labute approximate surface area is 153 Å². The molecular weight excluding hydrogens is 363 g/mol. The molecule has 0 saturated carbocycles. The second kappa shape index (κ2) is 7.32. The predicted molar refractivity (Wildman–Crippen MR) is 94.5 cm³/mol. The number of cyclic esters (lactones) is 1. The minimum Gasteiger partial charge on any atom is -0.442 e. The second-order valence-corrected chi connectivity index (χ2v) is 6.79. The van der Waals surface area contributed by atoms with E-state index >= 15 is 0 Å². The van der Waals surface area contributed by atoms with E-state index < -0.39 is 18.0 Å². The molecule has 1 aromatic rings. The molecule has 1 fully saturated rings. The van der Waals surface area contributed by atoms with Crippen LogP contribution in [0.25, 0.3) is 0 Å². The number of halogens is 1. The highest BCUT2D eigenvalue weighted by atomic mass is 32.2. The van der Waals surface area contributed by atoms with Gasteiger partial charge in [-0.25, -0.2) is 14.2 Å². The van der Waals surface area contributed by atoms with Crippen molar-refractivity contribution < 1.29 is 23.5 Å². The molecule has 0 aromatic heterocycles. The first-order valence-corrected chi connectivity index (χ1v) is 8.84. The van der Waals surface area contributed by atoms with Crippen LogP contribution >= 0.6 is 11.8 Å². The number of anilines is 1. The van der Waals surface area contributed by atoms with Crippen LogP contribution in [0.2, 0.25) is 0 Å². The summed E-state index contributed by atoms with van der Waals surface area (Å²) in [6, 6.07) is 4.35. The van der Waals surface area contributed by atoms with E-state index in [4.69, 9.17) is 4.74 Å². The molecule has 3 rings (SSSR count). The summed E-state index contributed by atoms with van der Waals surface area (Å²) >= 11 is 1.16. The van der Waals surface area contributed by atoms with Gasteiger partial charge < -0.3 is 10.1 Å². The molecule has 2 aliphatic rings. The molecule has 3 amide bonds. The summed E-state index contributed by atoms with van der Waals surface area (Å²) in [7, 11) is 1.52. The number of ether oxygens (including phenoxy) is 1. The zero-order valence-electron chi connectivity index (χ0n) is 14.2. The van der Waals surface area contributed by atoms with E-state index in [1.54, 1.807) is 6.07 Å². The average Bonchev–Trinajstić information content (AvgIpc) is 2.96. The Kier molecular flexibility index (Phi) is 5.12. The number of hydrazone groups is 1. The molecule has 138 valence electrons. The molecule has 10 heteroatoms. The van der Waals surface area contributed by atoms with Gasteiger partial charge in [-0.15, -0.1) is 0 Å². The lowest BCUT2D eigenvalue weighted by Crippen LogP contribution is -2.33. The lowest BCUT2D eigenvalue weighted by Gasteiger charge is -2.20. The molecule has 2 heterocycles. The smallest absolute Gasteiger partial charge is 0.414 e. The van der Waals surface area contributed by atoms with Crippen LogP contribution in [0.3, 0.4) is 0 Å². The van der Waals surface area contributed by atoms with Gasteiger partial charge in [-0.2, -0.15) is 5.10 Å². The summed E-state index contributed by atoms with van der Waals surface area (Å²) in [4.78, 5) is 35.7. The predicted octanol–water partition coefficient (Wildman–Crippen LogP) is 1.15. The van der Waals surface area contributed by atoms with E-state index in [1.165, 1.54) is 36.0 Å². The molecule has 0 unspecified atom stereocenters. The van der Waals surface area contributed by atoms with Gasteiger partial charge in [0.1, 0.15) is 17.0 Å². The summed E-state index contributed by atoms with van der Waals surface area (Å²) in [6.07, 6.45) is -1.09. The largest absolute Gasteiger partial charge is 0.442 e. The van der Waals surface area contributed by atoms with Gasteiger partial charge in [0.25, 0.3) is 5.91 Å². The van der Waals surface area contributed by atoms with E-state index in [0.29, 0.717) is 10.7 Å². The van der Waals surface area contributed by atoms with Gasteiger partial charge >= 0.3 is 6.09 Å². The van der Waals surface area contributed by atoms with Gasteiger partial charge in [-0.3, -0.25) is 14.5 Å². The molecule has 2 aliphatic heterocycles. The topological polar surface area (TPSA) is 91.3 Å². The first-order valence-electron chi connectivity index (χ1n) is 7.85. The molecule has 1 saturated heterocycles. The Morgan fingerprint density at radius 3 is 2.88 bits per heavy atom. The lowest BCUT2D eigenvalue weighted by molar-refractivity contribution is -0.127. The number of rotatable bonds is 4. The summed E-state index contributed by atoms with van der Waals surface area (Å²) < 4.78 is 19.7. The zero-order valence-corrected chi connectivity index (χ0v) is 15.0. The molecule has 0 bridgehead atoms. The molecule has 1 atom stereocenters. The van der Waals surface area contributed by atoms with Crippen LogP contribution in [0.1, 0.15) is 12.5 Å². The van der Waals surface area contributed by atoms with Crippen LogP contribution in [0.4, 0.5) is 14.9 Å². The highest BCUT2D eigenvalue weighted by molar-refractivity contribution is 8.15. The van der Waals surface area contributed by atoms with E-state index in [-0.39, 0.29) is 36.2 Å². The van der Waals surface area contributed by atoms with Crippen LogP contribution in [0.15, 0.2) is 23.3 Å². The maximum atomic E-state index is 14.6. The highest BCUT2D eigenvalue weighted by Crippen LogP contribution is 2.27. The molecular formula is C16H17FN4O4S. The van der Waals surface area contributed by atoms with Crippen LogP contribution < -0.4 is 10.2 Å². The third-order valence-electron chi connectivity index (χ3n) is 3.88. The summed E-state index contributed by atoms with van der Waals surface area (Å²) in [6.45, 7) is 1.79. The second-order valence-electron chi connectivity index (χ2n) is 5.83. The van der Waals surface area contributed by atoms with Crippen LogP contribution in [-0.4, -0.2) is 60.0 Å². The molecule has 26 heavy (non-hydrogen) atoms. The SMILES string of the molecule is CC(=O)NC[C@H]1CN(c2ccc(C3=NN(C)C(=O)CS3)c(F)c2)C(=O)O1. The van der Waals surface area contributed by atoms with Crippen molar-refractivity contribution in [3.05, 3.63) is 29.6 Å². The fourth-order valence-electron chi connectivity index (χ4n) is 2.52. The molecule has 0 radical (unpaired) electrons. The van der Waals surface area contributed by atoms with Gasteiger partial charge in [-0.05, 0) is 18.2 Å². The molecule has 0 spiro atoms. The summed E-state index contributed by atoms with van der Waals surface area (Å²) in [5.41, 5.74) is 0.618. The fourth-order valence-corrected chi connectivity index (χ4v) is 3.47. The van der Waals surface area contributed by atoms with Gasteiger partial charge in [-0.1, -0.05) is 11.8 Å². The van der Waals surface area contributed by atoms with Crippen molar-refractivity contribution in [3.63, 3.8) is 0 Å². The molecule has 8 nitrogen and oxygen atoms in total. The third-order valence-corrected chi connectivity index (χ3v) is 4.85. The minimum atomic E-state index is -0.595. The quantitative estimate of drug-likeness (QED) is 0.846. The number of benzene rings is 1. The van der Waals surface area contributed by atoms with Crippen LogP contribution in [0.5, 0.6) is 0 Å². The van der Waals surface area contributed by atoms with Gasteiger partial charge in [0, 0.05) is 19.5 Å². The number of hydrogen-bond acceptors (Lipinski definition) is 6. The Hall–Kier alpha value is -2.62. The minimum absolute atomic E-state index is 0.152. The molecule has 1 aromatic carbocycles. The van der Waals surface area contributed by atoms with Gasteiger partial charge in [0.05, 0.1) is 24.5 Å². The Bertz CT molecular complexity index is 800. The number of amides is 3. The van der Waals surface area contributed by atoms with Crippen LogP contribution in [0, 0.1) is 5.82 Å². The Balaban J connectivity index is 1.76. The standard InChI is InChI=1S/C16H17FN4O4S/c1-9(22)18-6-11-7-21(16(24)25-11)10-3-4-12(13(17)5-10)15-19-20(2)14(23)8-26-15/h3-5,11H,6-8H2,1-2H3,(H,18,22)/t11-/m0/s1. The summed E-state index contributed by atoms with van der Waals surface area (Å²) in [5.74, 6) is -0.723. The van der Waals surface area contributed by atoms with Crippen molar-refractivity contribution in [2.45, 2.75) is 13.0 Å². The van der Waals surface area contributed by atoms with Crippen molar-refractivity contribution in [1.82, 2.24) is 10.3 Å². The number of carbonyl (C=O) groups excluding carboxylic acids is 3. The highest BCUT2D eigenvalue weighted by Gasteiger charge is 2.33. The van der Waals surface area contributed by atoms with Crippen molar-refractivity contribution in [2.24, 2.45) is 5.10 Å². The van der Waals surface area contributed by atoms with Crippen molar-refractivity contribution >= 4 is 40.4 Å². The zero-order chi connectivity index (χ0) is 18.8. The first-order chi connectivity index (χ1) is 12.3. The van der Waals surface area contributed by atoms with E-state index in [2.05, 4.69) is 10.4 Å². The van der Waals surface area contributed by atoms with Crippen molar-refractivity contribution in [1.29, 1.82) is 0 Å². The van der Waals surface area contributed by atoms with E-state index in [0.717, 1.165) is 11.8 Å².